The van der Waals surface area contributed by atoms with Crippen LogP contribution in [0.4, 0.5) is 0 Å². The minimum absolute atomic E-state index is 0.180. The number of nitrogens with zero attached hydrogens (tertiary/aromatic N) is 1. The summed E-state index contributed by atoms with van der Waals surface area (Å²) in [6.45, 7) is 0.292. The Morgan fingerprint density at radius 2 is 1.94 bits per heavy atom. The average molecular weight is 236 g/mol. The van der Waals surface area contributed by atoms with Gasteiger partial charge in [0, 0.05) is 25.6 Å². The highest BCUT2D eigenvalue weighted by Gasteiger charge is 2.09. The van der Waals surface area contributed by atoms with Crippen LogP contribution in [0.15, 0.2) is 30.3 Å². The molecule has 0 heterocycles. The fraction of sp³-hybridized carbons (Fsp3) is 0.333. The van der Waals surface area contributed by atoms with Gasteiger partial charge in [-0.1, -0.05) is 18.2 Å². The number of carbonyl (C=O) groups excluding carboxylic acids is 2. The maximum atomic E-state index is 11.6. The predicted molar refractivity (Wildman–Crippen MR) is 63.2 cm³/mol. The Morgan fingerprint density at radius 3 is 2.53 bits per heavy atom. The number of hydrogen-bond donors (Lipinski definition) is 1. The monoisotopic (exact) mass is 236 g/mol. The highest BCUT2D eigenvalue weighted by atomic mass is 16.7. The Hall–Kier alpha value is -1.88. The van der Waals surface area contributed by atoms with E-state index in [-0.39, 0.29) is 18.2 Å². The minimum Gasteiger partial charge on any atom is -0.352 e. The van der Waals surface area contributed by atoms with E-state index in [9.17, 15) is 9.59 Å². The van der Waals surface area contributed by atoms with Crippen LogP contribution in [0, 0.1) is 0 Å². The van der Waals surface area contributed by atoms with Gasteiger partial charge in [-0.3, -0.25) is 14.4 Å². The Morgan fingerprint density at radius 1 is 1.29 bits per heavy atom. The van der Waals surface area contributed by atoms with Gasteiger partial charge in [0.05, 0.1) is 7.11 Å². The first-order chi connectivity index (χ1) is 8.15. The third-order valence-corrected chi connectivity index (χ3v) is 2.29. The molecule has 0 unspecified atom stereocenters. The van der Waals surface area contributed by atoms with Crippen molar-refractivity contribution in [1.82, 2.24) is 10.4 Å². The summed E-state index contributed by atoms with van der Waals surface area (Å²) in [6, 6.07) is 8.86. The molecule has 17 heavy (non-hydrogen) atoms. The first kappa shape index (κ1) is 13.2. The molecular weight excluding hydrogens is 220 g/mol. The standard InChI is InChI=1S/C12H16N2O3/c1-14(17-2)11(15)8-9-13-12(16)10-6-4-3-5-7-10/h3-7H,8-9H2,1-2H3,(H,13,16). The molecular formula is C12H16N2O3. The average Bonchev–Trinajstić information content (AvgIpc) is 2.38. The van der Waals surface area contributed by atoms with Crippen molar-refractivity contribution in [2.24, 2.45) is 0 Å². The Labute approximate surface area is 100 Å². The molecule has 0 aliphatic rings. The highest BCUT2D eigenvalue weighted by Crippen LogP contribution is 1.98. The Bertz CT molecular complexity index is 379. The zero-order chi connectivity index (χ0) is 12.7. The molecule has 2 amide bonds. The zero-order valence-electron chi connectivity index (χ0n) is 9.97. The SMILES string of the molecule is CON(C)C(=O)CCNC(=O)c1ccccc1. The summed E-state index contributed by atoms with van der Waals surface area (Å²) in [4.78, 5) is 27.7. The van der Waals surface area contributed by atoms with Crippen LogP contribution in [0.1, 0.15) is 16.8 Å². The smallest absolute Gasteiger partial charge is 0.251 e. The van der Waals surface area contributed by atoms with E-state index in [1.54, 1.807) is 24.3 Å². The molecule has 0 spiro atoms. The van der Waals surface area contributed by atoms with Crippen molar-refractivity contribution in [2.45, 2.75) is 6.42 Å². The summed E-state index contributed by atoms with van der Waals surface area (Å²) in [5.74, 6) is -0.362. The van der Waals surface area contributed by atoms with Crippen LogP contribution >= 0.6 is 0 Å². The predicted octanol–water partition coefficient (Wildman–Crippen LogP) is 0.826. The number of hydrogen-bond acceptors (Lipinski definition) is 3. The molecule has 0 aliphatic heterocycles. The molecule has 0 saturated carbocycles. The van der Waals surface area contributed by atoms with E-state index < -0.39 is 0 Å². The van der Waals surface area contributed by atoms with Crippen molar-refractivity contribution >= 4 is 11.8 Å². The fourth-order valence-electron chi connectivity index (χ4n) is 1.23. The Kier molecular flexibility index (Phi) is 5.16. The number of benzene rings is 1. The lowest BCUT2D eigenvalue weighted by atomic mass is 10.2. The topological polar surface area (TPSA) is 58.6 Å². The van der Waals surface area contributed by atoms with Crippen LogP contribution in [0.3, 0.4) is 0 Å². The van der Waals surface area contributed by atoms with Gasteiger partial charge in [0.2, 0.25) is 5.91 Å². The highest BCUT2D eigenvalue weighted by molar-refractivity contribution is 5.94. The molecule has 5 nitrogen and oxygen atoms in total. The lowest BCUT2D eigenvalue weighted by Crippen LogP contribution is -2.31. The third-order valence-electron chi connectivity index (χ3n) is 2.29. The maximum absolute atomic E-state index is 11.6. The van der Waals surface area contributed by atoms with Crippen molar-refractivity contribution < 1.29 is 14.4 Å². The van der Waals surface area contributed by atoms with Gasteiger partial charge in [-0.2, -0.15) is 0 Å². The molecule has 0 radical (unpaired) electrons. The number of hydroxylamine groups is 2. The van der Waals surface area contributed by atoms with E-state index in [2.05, 4.69) is 5.32 Å². The van der Waals surface area contributed by atoms with Gasteiger partial charge >= 0.3 is 0 Å². The van der Waals surface area contributed by atoms with Gasteiger partial charge in [-0.15, -0.1) is 0 Å². The number of rotatable bonds is 5. The molecule has 1 rings (SSSR count). The summed E-state index contributed by atoms with van der Waals surface area (Å²) in [6.07, 6.45) is 0.211. The minimum atomic E-state index is -0.182. The van der Waals surface area contributed by atoms with Crippen LogP contribution in [0.25, 0.3) is 0 Å². The third kappa shape index (κ3) is 4.24. The molecule has 0 aromatic heterocycles. The summed E-state index contributed by atoms with van der Waals surface area (Å²) in [5.41, 5.74) is 0.583. The van der Waals surface area contributed by atoms with Gasteiger partial charge in [0.25, 0.3) is 5.91 Å². The molecule has 0 aliphatic carbocycles. The van der Waals surface area contributed by atoms with Gasteiger partial charge in [0.1, 0.15) is 0 Å². The van der Waals surface area contributed by atoms with E-state index in [4.69, 9.17) is 4.84 Å². The lowest BCUT2D eigenvalue weighted by molar-refractivity contribution is -0.168. The van der Waals surface area contributed by atoms with E-state index in [0.29, 0.717) is 12.1 Å². The summed E-state index contributed by atoms with van der Waals surface area (Å²) < 4.78 is 0. The fourth-order valence-corrected chi connectivity index (χ4v) is 1.23. The molecule has 92 valence electrons. The van der Waals surface area contributed by atoms with Crippen LogP contribution in [0.2, 0.25) is 0 Å². The summed E-state index contributed by atoms with van der Waals surface area (Å²) in [7, 11) is 2.95. The zero-order valence-corrected chi connectivity index (χ0v) is 9.97. The van der Waals surface area contributed by atoms with Crippen LogP contribution in [-0.2, 0) is 9.63 Å². The Balaban J connectivity index is 2.33. The molecule has 5 heteroatoms. The molecule has 0 fully saturated rings. The number of amides is 2. The molecule has 1 aromatic rings. The maximum Gasteiger partial charge on any atom is 0.251 e. The lowest BCUT2D eigenvalue weighted by Gasteiger charge is -2.13. The van der Waals surface area contributed by atoms with Gasteiger partial charge in [-0.25, -0.2) is 5.06 Å². The van der Waals surface area contributed by atoms with E-state index in [1.165, 1.54) is 14.2 Å². The van der Waals surface area contributed by atoms with Gasteiger partial charge in [-0.05, 0) is 12.1 Å². The number of carbonyl (C=O) groups is 2. The van der Waals surface area contributed by atoms with E-state index in [1.807, 2.05) is 6.07 Å². The van der Waals surface area contributed by atoms with Gasteiger partial charge in [0.15, 0.2) is 0 Å². The normalized spacial score (nSPS) is 9.76. The van der Waals surface area contributed by atoms with E-state index >= 15 is 0 Å². The quantitative estimate of drug-likeness (QED) is 0.770. The van der Waals surface area contributed by atoms with Crippen LogP contribution in [-0.4, -0.2) is 37.6 Å². The molecule has 0 saturated heterocycles. The summed E-state index contributed by atoms with van der Waals surface area (Å²) in [5, 5.41) is 3.80. The second-order valence-corrected chi connectivity index (χ2v) is 3.45. The molecule has 0 bridgehead atoms. The second kappa shape index (κ2) is 6.65. The largest absolute Gasteiger partial charge is 0.352 e. The second-order valence-electron chi connectivity index (χ2n) is 3.45. The van der Waals surface area contributed by atoms with Crippen molar-refractivity contribution in [1.29, 1.82) is 0 Å². The first-order valence-electron chi connectivity index (χ1n) is 5.29. The number of nitrogens with one attached hydrogen (secondary N) is 1. The van der Waals surface area contributed by atoms with Crippen molar-refractivity contribution in [3.05, 3.63) is 35.9 Å². The first-order valence-corrected chi connectivity index (χ1v) is 5.29. The molecule has 0 atom stereocenters. The van der Waals surface area contributed by atoms with Crippen LogP contribution < -0.4 is 5.32 Å². The van der Waals surface area contributed by atoms with Gasteiger partial charge < -0.3 is 5.32 Å². The van der Waals surface area contributed by atoms with Crippen molar-refractivity contribution in [2.75, 3.05) is 20.7 Å². The van der Waals surface area contributed by atoms with Crippen molar-refractivity contribution in [3.8, 4) is 0 Å². The molecule has 1 N–H and O–H groups in total. The molecule has 1 aromatic carbocycles. The van der Waals surface area contributed by atoms with Crippen LogP contribution in [0.5, 0.6) is 0 Å². The van der Waals surface area contributed by atoms with Crippen molar-refractivity contribution in [3.63, 3.8) is 0 Å². The van der Waals surface area contributed by atoms with E-state index in [0.717, 1.165) is 5.06 Å². The summed E-state index contributed by atoms with van der Waals surface area (Å²) >= 11 is 0.